The first-order chi connectivity index (χ1) is 19.0. The van der Waals surface area contributed by atoms with E-state index >= 15 is 0 Å². The van der Waals surface area contributed by atoms with Gasteiger partial charge in [0.15, 0.2) is 6.61 Å². The molecule has 1 amide bonds. The minimum atomic E-state index is -0.483. The number of rotatable bonds is 14. The summed E-state index contributed by atoms with van der Waals surface area (Å²) in [5.74, 6) is 0.943. The van der Waals surface area contributed by atoms with E-state index in [-0.39, 0.29) is 17.9 Å². The van der Waals surface area contributed by atoms with Gasteiger partial charge < -0.3 is 23.7 Å². The van der Waals surface area contributed by atoms with Gasteiger partial charge in [-0.3, -0.25) is 9.59 Å². The predicted molar refractivity (Wildman–Crippen MR) is 164 cm³/mol. The van der Waals surface area contributed by atoms with Gasteiger partial charge in [0.05, 0.1) is 11.0 Å². The number of imidazole rings is 1. The lowest BCUT2D eigenvalue weighted by Gasteiger charge is -2.22. The summed E-state index contributed by atoms with van der Waals surface area (Å²) in [6, 6.07) is 14.1. The summed E-state index contributed by atoms with van der Waals surface area (Å²) in [6.07, 6.45) is 4.60. The van der Waals surface area contributed by atoms with Gasteiger partial charge in [-0.15, -0.1) is 0 Å². The number of carbonyl (C=O) groups is 2. The SMILES string of the molecule is CCC(CCCOC)CCn1c(C(C)(C)C)nc2cc(N(C)Sc3ccc(NC(=O)COC(C)=O)cc3)ccc21. The number of benzene rings is 2. The molecule has 0 aliphatic heterocycles. The summed E-state index contributed by atoms with van der Waals surface area (Å²) < 4.78 is 14.5. The number of aryl methyl sites for hydroxylation is 1. The van der Waals surface area contributed by atoms with Crippen molar-refractivity contribution in [1.29, 1.82) is 0 Å². The van der Waals surface area contributed by atoms with Gasteiger partial charge in [-0.1, -0.05) is 34.1 Å². The molecule has 2 aromatic carbocycles. The Morgan fingerprint density at radius 1 is 1.12 bits per heavy atom. The van der Waals surface area contributed by atoms with Crippen molar-refractivity contribution in [3.8, 4) is 0 Å². The number of ether oxygens (including phenoxy) is 2. The zero-order valence-electron chi connectivity index (χ0n) is 25.0. The Labute approximate surface area is 242 Å². The molecule has 40 heavy (non-hydrogen) atoms. The maximum absolute atomic E-state index is 11.9. The molecule has 9 heteroatoms. The minimum Gasteiger partial charge on any atom is -0.456 e. The zero-order valence-corrected chi connectivity index (χ0v) is 25.8. The van der Waals surface area contributed by atoms with Crippen molar-refractivity contribution >= 4 is 46.2 Å². The maximum atomic E-state index is 11.9. The summed E-state index contributed by atoms with van der Waals surface area (Å²) in [5.41, 5.74) is 3.83. The fourth-order valence-electron chi connectivity index (χ4n) is 4.67. The molecular formula is C31H44N4O4S. The van der Waals surface area contributed by atoms with Crippen molar-refractivity contribution in [1.82, 2.24) is 9.55 Å². The average Bonchev–Trinajstić information content (AvgIpc) is 3.29. The number of hydrogen-bond donors (Lipinski definition) is 1. The van der Waals surface area contributed by atoms with E-state index in [1.54, 1.807) is 19.1 Å². The third-order valence-corrected chi connectivity index (χ3v) is 7.82. The number of esters is 1. The van der Waals surface area contributed by atoms with Gasteiger partial charge in [0.2, 0.25) is 0 Å². The number of anilines is 2. The van der Waals surface area contributed by atoms with Crippen molar-refractivity contribution in [3.05, 3.63) is 48.3 Å². The summed E-state index contributed by atoms with van der Waals surface area (Å²) in [4.78, 5) is 28.9. The molecule has 3 rings (SSSR count). The largest absolute Gasteiger partial charge is 0.456 e. The lowest BCUT2D eigenvalue weighted by atomic mass is 9.94. The van der Waals surface area contributed by atoms with Crippen LogP contribution >= 0.6 is 11.9 Å². The van der Waals surface area contributed by atoms with Crippen LogP contribution in [0.5, 0.6) is 0 Å². The minimum absolute atomic E-state index is 0.0625. The molecule has 1 unspecified atom stereocenters. The van der Waals surface area contributed by atoms with Gasteiger partial charge in [-0.2, -0.15) is 0 Å². The first-order valence-electron chi connectivity index (χ1n) is 14.0. The molecule has 1 atom stereocenters. The first-order valence-corrected chi connectivity index (χ1v) is 14.7. The highest BCUT2D eigenvalue weighted by molar-refractivity contribution is 8.00. The molecule has 0 radical (unpaired) electrons. The highest BCUT2D eigenvalue weighted by atomic mass is 32.2. The van der Waals surface area contributed by atoms with Crippen LogP contribution in [0.2, 0.25) is 0 Å². The number of carbonyl (C=O) groups excluding carboxylic acids is 2. The third-order valence-electron chi connectivity index (χ3n) is 6.85. The normalized spacial score (nSPS) is 12.4. The topological polar surface area (TPSA) is 85.7 Å². The molecule has 218 valence electrons. The molecular weight excluding hydrogens is 524 g/mol. The number of methoxy groups -OCH3 is 1. The van der Waals surface area contributed by atoms with E-state index in [2.05, 4.69) is 60.1 Å². The van der Waals surface area contributed by atoms with Crippen molar-refractivity contribution < 1.29 is 19.1 Å². The van der Waals surface area contributed by atoms with Crippen molar-refractivity contribution in [3.63, 3.8) is 0 Å². The van der Waals surface area contributed by atoms with E-state index < -0.39 is 5.97 Å². The van der Waals surface area contributed by atoms with E-state index in [9.17, 15) is 9.59 Å². The molecule has 1 aromatic heterocycles. The maximum Gasteiger partial charge on any atom is 0.303 e. The number of amides is 1. The van der Waals surface area contributed by atoms with Crippen LogP contribution in [0.4, 0.5) is 11.4 Å². The van der Waals surface area contributed by atoms with Crippen molar-refractivity contribution in [2.24, 2.45) is 5.92 Å². The quantitative estimate of drug-likeness (QED) is 0.130. The second-order valence-corrected chi connectivity index (χ2v) is 12.4. The molecule has 8 nitrogen and oxygen atoms in total. The van der Waals surface area contributed by atoms with Gasteiger partial charge in [0, 0.05) is 55.9 Å². The Hall–Kier alpha value is -3.04. The highest BCUT2D eigenvalue weighted by Crippen LogP contribution is 2.33. The molecule has 1 N–H and O–H groups in total. The summed E-state index contributed by atoms with van der Waals surface area (Å²) in [7, 11) is 3.81. The smallest absolute Gasteiger partial charge is 0.303 e. The van der Waals surface area contributed by atoms with Crippen LogP contribution in [0, 0.1) is 5.92 Å². The summed E-state index contributed by atoms with van der Waals surface area (Å²) >= 11 is 1.60. The highest BCUT2D eigenvalue weighted by Gasteiger charge is 2.24. The Bertz CT molecular complexity index is 1270. The monoisotopic (exact) mass is 568 g/mol. The Kier molecular flexibility index (Phi) is 11.5. The Morgan fingerprint density at radius 3 is 2.48 bits per heavy atom. The van der Waals surface area contributed by atoms with Gasteiger partial charge in [-0.25, -0.2) is 4.98 Å². The van der Waals surface area contributed by atoms with Crippen molar-refractivity contribution in [2.75, 3.05) is 37.0 Å². The second kappa shape index (κ2) is 14.6. The second-order valence-electron chi connectivity index (χ2n) is 11.1. The Morgan fingerprint density at radius 2 is 1.85 bits per heavy atom. The van der Waals surface area contributed by atoms with Gasteiger partial charge >= 0.3 is 5.97 Å². The van der Waals surface area contributed by atoms with E-state index in [1.165, 1.54) is 25.3 Å². The molecule has 3 aromatic rings. The molecule has 0 saturated carbocycles. The van der Waals surface area contributed by atoms with Crippen LogP contribution in [0.3, 0.4) is 0 Å². The number of nitrogens with one attached hydrogen (secondary N) is 1. The molecule has 0 bridgehead atoms. The molecule has 1 heterocycles. The van der Waals surface area contributed by atoms with Crippen LogP contribution < -0.4 is 9.62 Å². The molecule has 0 fully saturated rings. The standard InChI is InChI=1S/C31H44N4O4S/c1-8-23(10-9-19-38-7)17-18-35-28-16-13-25(20-27(28)33-30(35)31(3,4)5)34(6)40-26-14-11-24(12-15-26)32-29(37)21-39-22(2)36/h11-16,20,23H,8-10,17-19,21H2,1-7H3,(H,32,37). The van der Waals surface area contributed by atoms with Crippen LogP contribution in [0.25, 0.3) is 11.0 Å². The van der Waals surface area contributed by atoms with Gasteiger partial charge in [0.25, 0.3) is 5.91 Å². The number of nitrogens with zero attached hydrogens (tertiary/aromatic N) is 3. The number of fused-ring (bicyclic) bond motifs is 1. The summed E-state index contributed by atoms with van der Waals surface area (Å²) in [5, 5.41) is 2.73. The van der Waals surface area contributed by atoms with E-state index in [0.717, 1.165) is 47.9 Å². The molecule has 0 aliphatic rings. The molecule has 0 spiro atoms. The van der Waals surface area contributed by atoms with E-state index in [4.69, 9.17) is 14.5 Å². The fourth-order valence-corrected chi connectivity index (χ4v) is 5.46. The lowest BCUT2D eigenvalue weighted by Crippen LogP contribution is -2.20. The van der Waals surface area contributed by atoms with E-state index in [0.29, 0.717) is 11.6 Å². The first kappa shape index (κ1) is 31.5. The van der Waals surface area contributed by atoms with Crippen LogP contribution in [0.1, 0.15) is 66.1 Å². The van der Waals surface area contributed by atoms with Gasteiger partial charge in [-0.05, 0) is 79.6 Å². The average molecular weight is 569 g/mol. The van der Waals surface area contributed by atoms with E-state index in [1.807, 2.05) is 31.3 Å². The third kappa shape index (κ3) is 8.99. The zero-order chi connectivity index (χ0) is 29.3. The van der Waals surface area contributed by atoms with Crippen LogP contribution in [-0.4, -0.2) is 48.8 Å². The fraction of sp³-hybridized carbons (Fsp3) is 0.516. The predicted octanol–water partition coefficient (Wildman–Crippen LogP) is 6.82. The molecule has 0 saturated heterocycles. The van der Waals surface area contributed by atoms with Crippen LogP contribution in [0.15, 0.2) is 47.4 Å². The molecule has 0 aliphatic carbocycles. The summed E-state index contributed by atoms with van der Waals surface area (Å²) in [6.45, 7) is 11.7. The van der Waals surface area contributed by atoms with Gasteiger partial charge in [0.1, 0.15) is 5.82 Å². The number of aromatic nitrogens is 2. The lowest BCUT2D eigenvalue weighted by molar-refractivity contribution is -0.144. The van der Waals surface area contributed by atoms with Crippen LogP contribution in [-0.2, 0) is 31.0 Å². The Balaban J connectivity index is 1.72. The number of hydrogen-bond acceptors (Lipinski definition) is 7. The van der Waals surface area contributed by atoms with Crippen molar-refractivity contribution in [2.45, 2.75) is 77.2 Å².